The number of fused-ring (bicyclic) bond motifs is 1. The number of alkyl halides is 6. The van der Waals surface area contributed by atoms with Crippen LogP contribution in [0.25, 0.3) is 22.1 Å². The fourth-order valence-electron chi connectivity index (χ4n) is 3.96. The molecule has 0 radical (unpaired) electrons. The van der Waals surface area contributed by atoms with Crippen molar-refractivity contribution in [2.45, 2.75) is 18.9 Å². The third-order valence-electron chi connectivity index (χ3n) is 5.72. The fourth-order valence-corrected chi connectivity index (χ4v) is 3.96. The van der Waals surface area contributed by atoms with E-state index >= 15 is 0 Å². The normalized spacial score (nSPS) is 11.9. The van der Waals surface area contributed by atoms with E-state index in [4.69, 9.17) is 13.9 Å². The first-order valence-corrected chi connectivity index (χ1v) is 11.2. The molecule has 0 fully saturated rings. The molecule has 0 bridgehead atoms. The molecule has 12 heteroatoms. The van der Waals surface area contributed by atoms with E-state index in [9.17, 15) is 35.9 Å². The Labute approximate surface area is 217 Å². The van der Waals surface area contributed by atoms with Crippen LogP contribution >= 0.6 is 0 Å². The summed E-state index contributed by atoms with van der Waals surface area (Å²) in [5, 5.41) is 0.389. The van der Waals surface area contributed by atoms with E-state index in [0.717, 1.165) is 11.9 Å². The zero-order chi connectivity index (χ0) is 28.5. The Morgan fingerprint density at radius 3 is 2.10 bits per heavy atom. The lowest BCUT2D eigenvalue weighted by Gasteiger charge is -2.20. The van der Waals surface area contributed by atoms with E-state index in [1.807, 2.05) is 0 Å². The van der Waals surface area contributed by atoms with Crippen molar-refractivity contribution in [2.24, 2.45) is 0 Å². The minimum absolute atomic E-state index is 0.0123. The van der Waals surface area contributed by atoms with Gasteiger partial charge in [0.05, 0.1) is 18.2 Å². The summed E-state index contributed by atoms with van der Waals surface area (Å²) in [7, 11) is 2.50. The van der Waals surface area contributed by atoms with Gasteiger partial charge >= 0.3 is 24.1 Å². The molecule has 4 aromatic rings. The predicted molar refractivity (Wildman–Crippen MR) is 128 cm³/mol. The van der Waals surface area contributed by atoms with Crippen molar-refractivity contribution < 1.29 is 45.0 Å². The number of benzene rings is 3. The van der Waals surface area contributed by atoms with Gasteiger partial charge in [0.2, 0.25) is 5.75 Å². The number of amides is 1. The van der Waals surface area contributed by atoms with Crippen molar-refractivity contribution in [3.05, 3.63) is 93.8 Å². The molecule has 4 rings (SSSR count). The highest BCUT2D eigenvalue weighted by molar-refractivity contribution is 5.98. The van der Waals surface area contributed by atoms with Gasteiger partial charge in [0.15, 0.2) is 0 Å². The number of hydrogen-bond donors (Lipinski definition) is 0. The van der Waals surface area contributed by atoms with Gasteiger partial charge in [-0.25, -0.2) is 9.59 Å². The quantitative estimate of drug-likeness (QED) is 0.195. The maximum Gasteiger partial charge on any atom is 0.416 e. The topological polar surface area (TPSA) is 69.0 Å². The Morgan fingerprint density at radius 2 is 1.49 bits per heavy atom. The molecule has 1 aromatic heterocycles. The molecule has 0 saturated carbocycles. The number of ether oxygens (including phenoxy) is 2. The minimum Gasteiger partial charge on any atom is -0.496 e. The lowest BCUT2D eigenvalue weighted by molar-refractivity contribution is -0.143. The lowest BCUT2D eigenvalue weighted by atomic mass is 10.00. The van der Waals surface area contributed by atoms with Gasteiger partial charge in [-0.15, -0.1) is 0 Å². The molecule has 0 spiro atoms. The van der Waals surface area contributed by atoms with Crippen LogP contribution in [-0.2, 0) is 18.9 Å². The number of halogens is 6. The van der Waals surface area contributed by atoms with Crippen LogP contribution in [0.1, 0.15) is 16.7 Å². The first-order chi connectivity index (χ1) is 18.3. The number of hydrogen-bond acceptors (Lipinski definition) is 5. The van der Waals surface area contributed by atoms with Gasteiger partial charge in [0.1, 0.15) is 11.3 Å². The Kier molecular flexibility index (Phi) is 7.31. The smallest absolute Gasteiger partial charge is 0.416 e. The van der Waals surface area contributed by atoms with Crippen molar-refractivity contribution in [2.75, 3.05) is 14.2 Å². The SMILES string of the molecule is COc1ccccc1-c1c(OC(=O)N(C)Cc2cc(C(F)(F)F)cc(C(F)(F)F)c2)c(=O)oc2ccccc12. The summed E-state index contributed by atoms with van der Waals surface area (Å²) in [4.78, 5) is 26.6. The number of carbonyl (C=O) groups is 1. The number of carbonyl (C=O) groups excluding carboxylic acids is 1. The van der Waals surface area contributed by atoms with Crippen LogP contribution in [0.4, 0.5) is 31.1 Å². The standard InChI is InChI=1S/C27H19F6NO5/c1-34(14-15-11-16(26(28,29)30)13-17(12-15)27(31,32)33)25(36)39-23-22(18-7-3-5-9-20(18)37-2)19-8-4-6-10-21(19)38-24(23)35/h3-13H,14H2,1-2H3. The second kappa shape index (κ2) is 10.4. The van der Waals surface area contributed by atoms with Crippen LogP contribution in [0.2, 0.25) is 0 Å². The summed E-state index contributed by atoms with van der Waals surface area (Å²) in [5.41, 5.74) is -3.82. The van der Waals surface area contributed by atoms with Crippen molar-refractivity contribution in [1.29, 1.82) is 0 Å². The third-order valence-corrected chi connectivity index (χ3v) is 5.72. The van der Waals surface area contributed by atoms with Crippen molar-refractivity contribution in [1.82, 2.24) is 4.90 Å². The molecular formula is C27H19F6NO5. The molecule has 0 saturated heterocycles. The van der Waals surface area contributed by atoms with Crippen LogP contribution in [-0.4, -0.2) is 25.2 Å². The second-order valence-electron chi connectivity index (χ2n) is 8.43. The van der Waals surface area contributed by atoms with Gasteiger partial charge in [-0.05, 0) is 35.9 Å². The molecule has 6 nitrogen and oxygen atoms in total. The molecule has 0 aliphatic carbocycles. The Hall–Kier alpha value is -4.48. The molecule has 0 N–H and O–H groups in total. The monoisotopic (exact) mass is 551 g/mol. The van der Waals surface area contributed by atoms with Crippen LogP contribution in [0.5, 0.6) is 11.5 Å². The largest absolute Gasteiger partial charge is 0.496 e. The summed E-state index contributed by atoms with van der Waals surface area (Å²) in [5.74, 6) is -0.197. The molecule has 1 heterocycles. The van der Waals surface area contributed by atoms with E-state index in [2.05, 4.69) is 0 Å². The fraction of sp³-hybridized carbons (Fsp3) is 0.185. The van der Waals surface area contributed by atoms with E-state index in [-0.39, 0.29) is 17.2 Å². The van der Waals surface area contributed by atoms with Gasteiger partial charge in [-0.1, -0.05) is 36.4 Å². The molecule has 0 aliphatic rings. The number of para-hydroxylation sites is 2. The first-order valence-electron chi connectivity index (χ1n) is 11.2. The van der Waals surface area contributed by atoms with Crippen LogP contribution in [0.15, 0.2) is 75.9 Å². The maximum absolute atomic E-state index is 13.2. The van der Waals surface area contributed by atoms with Crippen molar-refractivity contribution in [3.63, 3.8) is 0 Å². The van der Waals surface area contributed by atoms with Gasteiger partial charge in [-0.2, -0.15) is 26.3 Å². The van der Waals surface area contributed by atoms with Crippen LogP contribution in [0, 0.1) is 0 Å². The Morgan fingerprint density at radius 1 is 0.897 bits per heavy atom. The predicted octanol–water partition coefficient (Wildman–Crippen LogP) is 7.14. The molecule has 0 unspecified atom stereocenters. The molecule has 204 valence electrons. The average molecular weight is 551 g/mol. The Bertz CT molecular complexity index is 1560. The second-order valence-corrected chi connectivity index (χ2v) is 8.43. The van der Waals surface area contributed by atoms with Crippen LogP contribution in [0.3, 0.4) is 0 Å². The molecule has 1 amide bonds. The summed E-state index contributed by atoms with van der Waals surface area (Å²) in [6.07, 6.45) is -11.3. The molecule has 39 heavy (non-hydrogen) atoms. The Balaban J connectivity index is 1.74. The lowest BCUT2D eigenvalue weighted by Crippen LogP contribution is -2.31. The molecule has 0 aliphatic heterocycles. The van der Waals surface area contributed by atoms with Crippen LogP contribution < -0.4 is 15.1 Å². The van der Waals surface area contributed by atoms with E-state index in [0.29, 0.717) is 28.8 Å². The molecule has 0 atom stereocenters. The highest BCUT2D eigenvalue weighted by atomic mass is 19.4. The van der Waals surface area contributed by atoms with E-state index in [1.165, 1.54) is 13.2 Å². The average Bonchev–Trinajstić information content (AvgIpc) is 2.87. The highest BCUT2D eigenvalue weighted by Crippen LogP contribution is 2.40. The summed E-state index contributed by atoms with van der Waals surface area (Å²) in [6, 6.07) is 14.0. The summed E-state index contributed by atoms with van der Waals surface area (Å²) in [6.45, 7) is -0.686. The number of nitrogens with zero attached hydrogens (tertiary/aromatic N) is 1. The van der Waals surface area contributed by atoms with E-state index < -0.39 is 53.1 Å². The van der Waals surface area contributed by atoms with Crippen molar-refractivity contribution >= 4 is 17.1 Å². The number of rotatable bonds is 5. The van der Waals surface area contributed by atoms with Gasteiger partial charge in [0.25, 0.3) is 0 Å². The van der Waals surface area contributed by atoms with Gasteiger partial charge < -0.3 is 18.8 Å². The highest BCUT2D eigenvalue weighted by Gasteiger charge is 2.37. The zero-order valence-electron chi connectivity index (χ0n) is 20.3. The molecule has 3 aromatic carbocycles. The molecular weight excluding hydrogens is 532 g/mol. The summed E-state index contributed by atoms with van der Waals surface area (Å²) < 4.78 is 95.4. The maximum atomic E-state index is 13.2. The third kappa shape index (κ3) is 5.84. The van der Waals surface area contributed by atoms with Gasteiger partial charge in [0, 0.05) is 30.1 Å². The minimum atomic E-state index is -5.05. The van der Waals surface area contributed by atoms with E-state index in [1.54, 1.807) is 42.5 Å². The first kappa shape index (κ1) is 27.6. The van der Waals surface area contributed by atoms with Crippen molar-refractivity contribution in [3.8, 4) is 22.6 Å². The van der Waals surface area contributed by atoms with Gasteiger partial charge in [-0.3, -0.25) is 0 Å². The zero-order valence-corrected chi connectivity index (χ0v) is 20.3. The number of methoxy groups -OCH3 is 1. The summed E-state index contributed by atoms with van der Waals surface area (Å²) >= 11 is 0.